The predicted molar refractivity (Wildman–Crippen MR) is 76.2 cm³/mol. The van der Waals surface area contributed by atoms with Crippen molar-refractivity contribution >= 4 is 5.95 Å². The van der Waals surface area contributed by atoms with Crippen molar-refractivity contribution in [2.75, 3.05) is 31.6 Å². The summed E-state index contributed by atoms with van der Waals surface area (Å²) < 4.78 is 5.52. The summed E-state index contributed by atoms with van der Waals surface area (Å²) in [6.45, 7) is 8.01. The molecule has 1 N–H and O–H groups in total. The van der Waals surface area contributed by atoms with Gasteiger partial charge in [0.25, 0.3) is 0 Å². The van der Waals surface area contributed by atoms with Gasteiger partial charge in [-0.3, -0.25) is 0 Å². The lowest BCUT2D eigenvalue weighted by molar-refractivity contribution is 0.0494. The van der Waals surface area contributed by atoms with Crippen LogP contribution in [0, 0.1) is 5.92 Å². The third-order valence-electron chi connectivity index (χ3n) is 3.75. The van der Waals surface area contributed by atoms with Gasteiger partial charge in [-0.2, -0.15) is 0 Å². The van der Waals surface area contributed by atoms with Crippen molar-refractivity contribution in [3.8, 4) is 0 Å². The minimum absolute atomic E-state index is 0.277. The smallest absolute Gasteiger partial charge is 0.225 e. The van der Waals surface area contributed by atoms with E-state index in [0.717, 1.165) is 44.1 Å². The topological polar surface area (TPSA) is 50.3 Å². The fraction of sp³-hybridized carbons (Fsp3) is 0.714. The van der Waals surface area contributed by atoms with E-state index in [4.69, 9.17) is 4.74 Å². The van der Waals surface area contributed by atoms with Crippen LogP contribution in [0.1, 0.15) is 25.8 Å². The molecular formula is C14H24N4O. The zero-order valence-corrected chi connectivity index (χ0v) is 12.1. The first-order valence-electron chi connectivity index (χ1n) is 7.04. The zero-order chi connectivity index (χ0) is 13.7. The van der Waals surface area contributed by atoms with Crippen molar-refractivity contribution in [3.63, 3.8) is 0 Å². The molecule has 1 aromatic rings. The van der Waals surface area contributed by atoms with Gasteiger partial charge < -0.3 is 15.0 Å². The Balaban J connectivity index is 1.98. The van der Waals surface area contributed by atoms with Crippen LogP contribution in [0.5, 0.6) is 0 Å². The molecule has 2 heterocycles. The lowest BCUT2D eigenvalue weighted by Gasteiger charge is -2.36. The van der Waals surface area contributed by atoms with E-state index in [1.54, 1.807) is 7.11 Å². The predicted octanol–water partition coefficient (Wildman–Crippen LogP) is 1.45. The summed E-state index contributed by atoms with van der Waals surface area (Å²) in [6, 6.07) is 0. The van der Waals surface area contributed by atoms with Crippen LogP contribution in [-0.2, 0) is 11.3 Å². The fourth-order valence-corrected chi connectivity index (χ4v) is 2.39. The summed E-state index contributed by atoms with van der Waals surface area (Å²) >= 11 is 0. The highest BCUT2D eigenvalue weighted by molar-refractivity contribution is 5.31. The molecule has 2 unspecified atom stereocenters. The number of nitrogens with one attached hydrogen (secondary N) is 1. The maximum atomic E-state index is 5.52. The maximum Gasteiger partial charge on any atom is 0.225 e. The lowest BCUT2D eigenvalue weighted by Crippen LogP contribution is -2.44. The van der Waals surface area contributed by atoms with Crippen molar-refractivity contribution < 1.29 is 4.74 Å². The Morgan fingerprint density at radius 2 is 2.16 bits per heavy atom. The number of hydrogen-bond donors (Lipinski definition) is 1. The molecule has 1 aliphatic rings. The summed E-state index contributed by atoms with van der Waals surface area (Å²) in [5.41, 5.74) is 1.12. The Kier molecular flexibility index (Phi) is 5.10. The monoisotopic (exact) mass is 264 g/mol. The third kappa shape index (κ3) is 3.64. The van der Waals surface area contributed by atoms with Crippen LogP contribution in [0.4, 0.5) is 5.95 Å². The number of rotatable bonds is 5. The van der Waals surface area contributed by atoms with Gasteiger partial charge in [0.05, 0.1) is 6.10 Å². The summed E-state index contributed by atoms with van der Waals surface area (Å²) in [6.07, 6.45) is 5.22. The largest absolute Gasteiger partial charge is 0.379 e. The van der Waals surface area contributed by atoms with Gasteiger partial charge in [-0.05, 0) is 18.9 Å². The molecular weight excluding hydrogens is 240 g/mol. The molecule has 1 saturated heterocycles. The van der Waals surface area contributed by atoms with Crippen molar-refractivity contribution in [1.82, 2.24) is 15.3 Å². The van der Waals surface area contributed by atoms with E-state index < -0.39 is 0 Å². The highest BCUT2D eigenvalue weighted by Crippen LogP contribution is 2.22. The molecule has 0 aliphatic carbocycles. The molecule has 5 nitrogen and oxygen atoms in total. The van der Waals surface area contributed by atoms with Gasteiger partial charge in [0.2, 0.25) is 5.95 Å². The first-order valence-corrected chi connectivity index (χ1v) is 7.04. The molecule has 5 heteroatoms. The Hall–Kier alpha value is -1.20. The first kappa shape index (κ1) is 14.2. The van der Waals surface area contributed by atoms with Crippen LogP contribution in [0.3, 0.4) is 0 Å². The average molecular weight is 264 g/mol. The van der Waals surface area contributed by atoms with Crippen LogP contribution in [0.2, 0.25) is 0 Å². The average Bonchev–Trinajstić information content (AvgIpc) is 2.46. The van der Waals surface area contributed by atoms with Crippen molar-refractivity contribution in [3.05, 3.63) is 18.0 Å². The summed E-state index contributed by atoms with van der Waals surface area (Å²) in [5.74, 6) is 1.42. The quantitative estimate of drug-likeness (QED) is 0.872. The number of aromatic nitrogens is 2. The van der Waals surface area contributed by atoms with Gasteiger partial charge in [0, 0.05) is 44.7 Å². The number of ether oxygens (including phenoxy) is 1. The number of anilines is 1. The van der Waals surface area contributed by atoms with Gasteiger partial charge >= 0.3 is 0 Å². The molecule has 1 fully saturated rings. The van der Waals surface area contributed by atoms with E-state index in [-0.39, 0.29) is 6.10 Å². The third-order valence-corrected chi connectivity index (χ3v) is 3.75. The summed E-state index contributed by atoms with van der Waals surface area (Å²) in [7, 11) is 1.78. The molecule has 0 aromatic carbocycles. The van der Waals surface area contributed by atoms with Crippen LogP contribution < -0.4 is 10.2 Å². The van der Waals surface area contributed by atoms with Crippen LogP contribution in [0.15, 0.2) is 12.4 Å². The van der Waals surface area contributed by atoms with E-state index >= 15 is 0 Å². The number of hydrogen-bond acceptors (Lipinski definition) is 5. The second kappa shape index (κ2) is 6.82. The summed E-state index contributed by atoms with van der Waals surface area (Å²) in [4.78, 5) is 11.2. The molecule has 0 spiro atoms. The van der Waals surface area contributed by atoms with E-state index in [0.29, 0.717) is 5.92 Å². The van der Waals surface area contributed by atoms with Crippen molar-refractivity contribution in [2.45, 2.75) is 32.9 Å². The van der Waals surface area contributed by atoms with E-state index in [9.17, 15) is 0 Å². The van der Waals surface area contributed by atoms with E-state index in [1.807, 2.05) is 12.4 Å². The van der Waals surface area contributed by atoms with Gasteiger partial charge in [-0.1, -0.05) is 13.8 Å². The molecule has 106 valence electrons. The minimum atomic E-state index is 0.277. The molecule has 1 aromatic heterocycles. The fourth-order valence-electron chi connectivity index (χ4n) is 2.39. The number of nitrogens with zero attached hydrogens (tertiary/aromatic N) is 3. The molecule has 0 bridgehead atoms. The normalized spacial score (nSPS) is 23.6. The molecule has 0 saturated carbocycles. The van der Waals surface area contributed by atoms with Crippen molar-refractivity contribution in [1.29, 1.82) is 0 Å². The molecule has 2 atom stereocenters. The van der Waals surface area contributed by atoms with Crippen LogP contribution in [0.25, 0.3) is 0 Å². The highest BCUT2D eigenvalue weighted by atomic mass is 16.5. The Morgan fingerprint density at radius 3 is 2.79 bits per heavy atom. The highest BCUT2D eigenvalue weighted by Gasteiger charge is 2.27. The van der Waals surface area contributed by atoms with E-state index in [1.165, 1.54) is 0 Å². The van der Waals surface area contributed by atoms with Crippen LogP contribution in [-0.4, -0.2) is 42.8 Å². The van der Waals surface area contributed by atoms with Gasteiger partial charge in [0.15, 0.2) is 0 Å². The Labute approximate surface area is 115 Å². The zero-order valence-electron chi connectivity index (χ0n) is 12.1. The van der Waals surface area contributed by atoms with Crippen molar-refractivity contribution in [2.24, 2.45) is 5.92 Å². The van der Waals surface area contributed by atoms with E-state index in [2.05, 4.69) is 34.0 Å². The first-order chi connectivity index (χ1) is 9.24. The molecule has 19 heavy (non-hydrogen) atoms. The molecule has 1 aliphatic heterocycles. The van der Waals surface area contributed by atoms with Gasteiger partial charge in [-0.15, -0.1) is 0 Å². The Bertz CT molecular complexity index is 382. The molecule has 0 radical (unpaired) electrons. The second-order valence-corrected chi connectivity index (χ2v) is 5.16. The minimum Gasteiger partial charge on any atom is -0.379 e. The lowest BCUT2D eigenvalue weighted by atomic mass is 9.96. The number of piperidine rings is 1. The standard InChI is InChI=1S/C14H24N4O/c1-4-15-7-12-8-16-14(17-9-12)18-6-5-11(2)13(10-18)19-3/h8-9,11,13,15H,4-7,10H2,1-3H3. The number of methoxy groups -OCH3 is 1. The van der Waals surface area contributed by atoms with Crippen LogP contribution >= 0.6 is 0 Å². The molecule has 0 amide bonds. The molecule has 2 rings (SSSR count). The maximum absolute atomic E-state index is 5.52. The summed E-state index contributed by atoms with van der Waals surface area (Å²) in [5, 5.41) is 3.27. The second-order valence-electron chi connectivity index (χ2n) is 5.16. The van der Waals surface area contributed by atoms with Gasteiger partial charge in [-0.25, -0.2) is 9.97 Å². The Morgan fingerprint density at radius 1 is 1.42 bits per heavy atom. The SMILES string of the molecule is CCNCc1cnc(N2CCC(C)C(OC)C2)nc1. The van der Waals surface area contributed by atoms with Gasteiger partial charge in [0.1, 0.15) is 0 Å².